The largest absolute Gasteiger partial charge is 0.478 e. The van der Waals surface area contributed by atoms with Gasteiger partial charge in [0.2, 0.25) is 0 Å². The highest BCUT2D eigenvalue weighted by atomic mass is 35.7. The predicted molar refractivity (Wildman–Crippen MR) is 48.4 cm³/mol. The minimum absolute atomic E-state index is 0.368. The lowest BCUT2D eigenvalue weighted by atomic mass is 10.0. The summed E-state index contributed by atoms with van der Waals surface area (Å²) < 4.78 is 48.4. The highest BCUT2D eigenvalue weighted by Gasteiger charge is 2.53. The molecule has 8 heteroatoms. The molecule has 0 fully saturated rings. The fraction of sp³-hybridized carbons (Fsp3) is 0.286. The Hall–Kier alpha value is -0.950. The van der Waals surface area contributed by atoms with Crippen LogP contribution in [0.1, 0.15) is 0 Å². The summed E-state index contributed by atoms with van der Waals surface area (Å²) in [4.78, 5) is 10.4. The fourth-order valence-corrected chi connectivity index (χ4v) is 2.05. The van der Waals surface area contributed by atoms with E-state index in [-0.39, 0.29) is 0 Å². The van der Waals surface area contributed by atoms with Crippen molar-refractivity contribution in [1.29, 1.82) is 0 Å². The van der Waals surface area contributed by atoms with Crippen LogP contribution in [0.25, 0.3) is 0 Å². The molecule has 1 N–H and O–H groups in total. The normalized spacial score (nSPS) is 31.1. The van der Waals surface area contributed by atoms with Crippen molar-refractivity contribution in [2.45, 2.75) is 11.2 Å². The fourth-order valence-electron chi connectivity index (χ4n) is 1.05. The monoisotopic (exact) mass is 258 g/mol. The molecule has 0 aliphatic heterocycles. The van der Waals surface area contributed by atoms with Crippen LogP contribution in [0.4, 0.5) is 8.78 Å². The van der Waals surface area contributed by atoms with Crippen LogP contribution < -0.4 is 0 Å². The summed E-state index contributed by atoms with van der Waals surface area (Å²) in [5, 5.41) is 4.93. The van der Waals surface area contributed by atoms with Gasteiger partial charge in [-0.1, -0.05) is 6.08 Å². The van der Waals surface area contributed by atoms with E-state index in [1.807, 2.05) is 0 Å². The number of carbonyl (C=O) groups is 1. The molecule has 0 amide bonds. The lowest BCUT2D eigenvalue weighted by molar-refractivity contribution is -0.133. The van der Waals surface area contributed by atoms with E-state index in [0.717, 1.165) is 12.2 Å². The van der Waals surface area contributed by atoms with Crippen molar-refractivity contribution < 1.29 is 27.1 Å². The van der Waals surface area contributed by atoms with Gasteiger partial charge < -0.3 is 5.11 Å². The summed E-state index contributed by atoms with van der Waals surface area (Å²) in [5.74, 6) is -1.74. The minimum atomic E-state index is -4.90. The van der Waals surface area contributed by atoms with Crippen LogP contribution in [0.5, 0.6) is 0 Å². The second-order valence-corrected chi connectivity index (χ2v) is 5.50. The van der Waals surface area contributed by atoms with Crippen molar-refractivity contribution in [1.82, 2.24) is 0 Å². The molecular weight excluding hydrogens is 254 g/mol. The molecule has 2 atom stereocenters. The molecule has 0 bridgehead atoms. The Morgan fingerprint density at radius 3 is 2.53 bits per heavy atom. The summed E-state index contributed by atoms with van der Waals surface area (Å²) in [7, 11) is -0.198. The Kier molecular flexibility index (Phi) is 2.88. The molecule has 0 aromatic carbocycles. The molecule has 0 saturated heterocycles. The zero-order chi connectivity index (χ0) is 11.9. The van der Waals surface area contributed by atoms with Crippen molar-refractivity contribution in [3.8, 4) is 0 Å². The summed E-state index contributed by atoms with van der Waals surface area (Å²) in [6.45, 7) is 0. The summed E-state index contributed by atoms with van der Waals surface area (Å²) >= 11 is 0. The van der Waals surface area contributed by atoms with Crippen molar-refractivity contribution >= 4 is 25.7 Å². The van der Waals surface area contributed by atoms with Gasteiger partial charge in [0.15, 0.2) is 6.17 Å². The van der Waals surface area contributed by atoms with Gasteiger partial charge in [-0.05, 0) is 12.2 Å². The number of carboxylic acid groups (broad SMARTS) is 1. The molecule has 1 aliphatic rings. The molecule has 0 aromatic rings. The average molecular weight is 259 g/mol. The van der Waals surface area contributed by atoms with Gasteiger partial charge in [0.25, 0.3) is 14.1 Å². The Balaban J connectivity index is 3.27. The first-order valence-electron chi connectivity index (χ1n) is 3.60. The summed E-state index contributed by atoms with van der Waals surface area (Å²) in [6, 6.07) is 0. The van der Waals surface area contributed by atoms with Crippen LogP contribution in [0.3, 0.4) is 0 Å². The second kappa shape index (κ2) is 3.57. The highest BCUT2D eigenvalue weighted by molar-refractivity contribution is 8.14. The van der Waals surface area contributed by atoms with Gasteiger partial charge >= 0.3 is 5.97 Å². The van der Waals surface area contributed by atoms with Gasteiger partial charge in [-0.2, -0.15) is 0 Å². The maximum absolute atomic E-state index is 13.6. The molecular formula is C7H5ClF2O4S. The van der Waals surface area contributed by atoms with Gasteiger partial charge in [0.1, 0.15) is 0 Å². The standard InChI is InChI=1S/C7H5ClF2O4S/c8-15(13,14)7(10)3-1-2-4(5(7)9)6(11)12/h1-3,5H,(H,11,12). The molecule has 4 nitrogen and oxygen atoms in total. The number of hydrogen-bond donors (Lipinski definition) is 1. The first-order valence-corrected chi connectivity index (χ1v) is 5.91. The third kappa shape index (κ3) is 1.89. The number of carboxylic acids is 1. The van der Waals surface area contributed by atoms with Gasteiger partial charge in [-0.3, -0.25) is 0 Å². The van der Waals surface area contributed by atoms with E-state index in [1.165, 1.54) is 0 Å². The van der Waals surface area contributed by atoms with Gasteiger partial charge in [-0.25, -0.2) is 22.0 Å². The molecule has 1 rings (SSSR count). The maximum Gasteiger partial charge on any atom is 0.334 e. The molecule has 15 heavy (non-hydrogen) atoms. The number of hydrogen-bond acceptors (Lipinski definition) is 3. The Labute approximate surface area is 88.3 Å². The topological polar surface area (TPSA) is 71.4 Å². The number of allylic oxidation sites excluding steroid dienone is 2. The molecule has 0 aromatic heterocycles. The SMILES string of the molecule is O=C(O)C1=CC=CC(F)(S(=O)(=O)Cl)C1F. The maximum atomic E-state index is 13.6. The van der Waals surface area contributed by atoms with E-state index in [9.17, 15) is 22.0 Å². The summed E-state index contributed by atoms with van der Waals surface area (Å²) in [5.41, 5.74) is -0.996. The van der Waals surface area contributed by atoms with Crippen LogP contribution in [0.15, 0.2) is 23.8 Å². The molecule has 0 heterocycles. The number of halogens is 3. The van der Waals surface area contributed by atoms with E-state index in [2.05, 4.69) is 0 Å². The molecule has 0 spiro atoms. The number of alkyl halides is 2. The Bertz CT molecular complexity index is 456. The molecule has 2 unspecified atom stereocenters. The van der Waals surface area contributed by atoms with E-state index in [1.54, 1.807) is 0 Å². The lowest BCUT2D eigenvalue weighted by Gasteiger charge is -2.24. The molecule has 0 saturated carbocycles. The Morgan fingerprint density at radius 1 is 1.60 bits per heavy atom. The van der Waals surface area contributed by atoms with Crippen LogP contribution in [-0.4, -0.2) is 30.7 Å². The lowest BCUT2D eigenvalue weighted by Crippen LogP contribution is -2.42. The zero-order valence-electron chi connectivity index (χ0n) is 7.02. The zero-order valence-corrected chi connectivity index (χ0v) is 8.60. The highest BCUT2D eigenvalue weighted by Crippen LogP contribution is 2.37. The third-order valence-corrected chi connectivity index (χ3v) is 3.64. The number of rotatable bonds is 2. The smallest absolute Gasteiger partial charge is 0.334 e. The van der Waals surface area contributed by atoms with Gasteiger partial charge in [0.05, 0.1) is 5.57 Å². The summed E-state index contributed by atoms with van der Waals surface area (Å²) in [6.07, 6.45) is -0.916. The van der Waals surface area contributed by atoms with Crippen molar-refractivity contribution in [3.63, 3.8) is 0 Å². The van der Waals surface area contributed by atoms with Crippen LogP contribution >= 0.6 is 10.7 Å². The molecule has 0 radical (unpaired) electrons. The Morgan fingerprint density at radius 2 is 2.13 bits per heavy atom. The third-order valence-electron chi connectivity index (χ3n) is 1.84. The number of aliphatic carboxylic acids is 1. The predicted octanol–water partition coefficient (Wildman–Crippen LogP) is 1.14. The second-order valence-electron chi connectivity index (χ2n) is 2.78. The van der Waals surface area contributed by atoms with Gasteiger partial charge in [-0.15, -0.1) is 0 Å². The van der Waals surface area contributed by atoms with Crippen molar-refractivity contribution in [3.05, 3.63) is 23.8 Å². The molecule has 84 valence electrons. The quantitative estimate of drug-likeness (QED) is 0.754. The van der Waals surface area contributed by atoms with Crippen LogP contribution in [0.2, 0.25) is 0 Å². The minimum Gasteiger partial charge on any atom is -0.478 e. The van der Waals surface area contributed by atoms with E-state index >= 15 is 0 Å². The van der Waals surface area contributed by atoms with Crippen molar-refractivity contribution in [2.75, 3.05) is 0 Å². The van der Waals surface area contributed by atoms with Crippen LogP contribution in [-0.2, 0) is 13.8 Å². The first kappa shape index (κ1) is 12.1. The van der Waals surface area contributed by atoms with E-state index in [4.69, 9.17) is 15.8 Å². The van der Waals surface area contributed by atoms with Gasteiger partial charge in [0, 0.05) is 10.7 Å². The van der Waals surface area contributed by atoms with Crippen molar-refractivity contribution in [2.24, 2.45) is 0 Å². The average Bonchev–Trinajstić information content (AvgIpc) is 2.07. The molecule has 1 aliphatic carbocycles. The van der Waals surface area contributed by atoms with E-state index in [0.29, 0.717) is 6.08 Å². The van der Waals surface area contributed by atoms with E-state index < -0.39 is 31.8 Å². The first-order chi connectivity index (χ1) is 6.70. The van der Waals surface area contributed by atoms with Crippen LogP contribution in [0, 0.1) is 0 Å².